The van der Waals surface area contributed by atoms with E-state index in [1.54, 1.807) is 29.2 Å². The predicted molar refractivity (Wildman–Crippen MR) is 123 cm³/mol. The lowest BCUT2D eigenvalue weighted by Crippen LogP contribution is -2.41. The Morgan fingerprint density at radius 2 is 1.80 bits per heavy atom. The summed E-state index contributed by atoms with van der Waals surface area (Å²) in [5.41, 5.74) is 0.283. The molecule has 2 amide bonds. The van der Waals surface area contributed by atoms with Crippen LogP contribution in [0.4, 0.5) is 11.4 Å². The lowest BCUT2D eigenvalue weighted by atomic mass is 9.77. The first-order valence-electron chi connectivity index (χ1n) is 11.2. The quantitative estimate of drug-likeness (QED) is 0.629. The van der Waals surface area contributed by atoms with Crippen LogP contribution in [0.3, 0.4) is 0 Å². The first-order valence-corrected chi connectivity index (χ1v) is 11.2. The van der Waals surface area contributed by atoms with Crippen molar-refractivity contribution in [2.75, 3.05) is 44.9 Å². The van der Waals surface area contributed by atoms with Gasteiger partial charge in [0.25, 0.3) is 0 Å². The summed E-state index contributed by atoms with van der Waals surface area (Å²) < 4.78 is 33.2. The summed E-state index contributed by atoms with van der Waals surface area (Å²) >= 11 is 0. The van der Waals surface area contributed by atoms with E-state index in [4.69, 9.17) is 28.4 Å². The molecule has 0 unspecified atom stereocenters. The number of methoxy groups -OCH3 is 3. The standard InChI is InChI=1S/C25H24N2O8/c1-30-18-8-13(9-19(31-2)22(18)32-3)26-23(28)20-16-6-7-25(35-16)11-27(24(29)21(20)25)14-4-5-15-17(10-14)34-12-33-15/h4-10,16,20-21H,11-12H2,1-3H3,(H,26,28)/t16-,20-,21+,25+/m1/s1. The van der Waals surface area contributed by atoms with Gasteiger partial charge in [0.15, 0.2) is 23.0 Å². The highest BCUT2D eigenvalue weighted by Gasteiger charge is 2.67. The third-order valence-corrected chi connectivity index (χ3v) is 7.00. The molecule has 0 aromatic heterocycles. The van der Waals surface area contributed by atoms with Gasteiger partial charge in [-0.3, -0.25) is 9.59 Å². The van der Waals surface area contributed by atoms with Crippen molar-refractivity contribution in [1.29, 1.82) is 0 Å². The Kier molecular flexibility index (Phi) is 4.82. The average Bonchev–Trinajstić information content (AvgIpc) is 3.63. The maximum Gasteiger partial charge on any atom is 0.234 e. The van der Waals surface area contributed by atoms with Crippen molar-refractivity contribution < 1.29 is 38.0 Å². The summed E-state index contributed by atoms with van der Waals surface area (Å²) in [6, 6.07) is 8.66. The molecule has 182 valence electrons. The second-order valence-corrected chi connectivity index (χ2v) is 8.77. The predicted octanol–water partition coefficient (Wildman–Crippen LogP) is 2.37. The minimum absolute atomic E-state index is 0.149. The number of ether oxygens (including phenoxy) is 6. The van der Waals surface area contributed by atoms with E-state index >= 15 is 0 Å². The van der Waals surface area contributed by atoms with Crippen LogP contribution in [0.25, 0.3) is 0 Å². The fraction of sp³-hybridized carbons (Fsp3) is 0.360. The van der Waals surface area contributed by atoms with E-state index in [0.29, 0.717) is 46.7 Å². The lowest BCUT2D eigenvalue weighted by molar-refractivity contribution is -0.128. The number of benzene rings is 2. The fourth-order valence-electron chi connectivity index (χ4n) is 5.45. The number of hydrogen-bond donors (Lipinski definition) is 1. The number of nitrogens with zero attached hydrogens (tertiary/aromatic N) is 1. The Balaban J connectivity index is 1.28. The van der Waals surface area contributed by atoms with Gasteiger partial charge in [-0.1, -0.05) is 12.2 Å². The Morgan fingerprint density at radius 3 is 2.51 bits per heavy atom. The molecule has 4 atom stereocenters. The van der Waals surface area contributed by atoms with Crippen molar-refractivity contribution in [3.63, 3.8) is 0 Å². The molecule has 4 heterocycles. The molecule has 4 aliphatic rings. The zero-order chi connectivity index (χ0) is 24.3. The number of nitrogens with one attached hydrogen (secondary N) is 1. The maximum absolute atomic E-state index is 13.6. The normalized spacial score (nSPS) is 27.2. The summed E-state index contributed by atoms with van der Waals surface area (Å²) in [6.07, 6.45) is 3.30. The van der Waals surface area contributed by atoms with Gasteiger partial charge in [0.05, 0.1) is 45.8 Å². The van der Waals surface area contributed by atoms with E-state index < -0.39 is 23.5 Å². The summed E-state index contributed by atoms with van der Waals surface area (Å²) in [5.74, 6) is 0.643. The van der Waals surface area contributed by atoms with Gasteiger partial charge in [-0.05, 0) is 12.1 Å². The second-order valence-electron chi connectivity index (χ2n) is 8.77. The third-order valence-electron chi connectivity index (χ3n) is 7.00. The van der Waals surface area contributed by atoms with Gasteiger partial charge in [0, 0.05) is 29.6 Å². The molecule has 2 aromatic carbocycles. The van der Waals surface area contributed by atoms with Crippen LogP contribution in [0.2, 0.25) is 0 Å². The van der Waals surface area contributed by atoms with Gasteiger partial charge >= 0.3 is 0 Å². The lowest BCUT2D eigenvalue weighted by Gasteiger charge is -2.24. The smallest absolute Gasteiger partial charge is 0.234 e. The van der Waals surface area contributed by atoms with E-state index in [0.717, 1.165) is 0 Å². The highest BCUT2D eigenvalue weighted by atomic mass is 16.7. The van der Waals surface area contributed by atoms with E-state index in [2.05, 4.69) is 5.32 Å². The van der Waals surface area contributed by atoms with E-state index in [1.807, 2.05) is 18.2 Å². The van der Waals surface area contributed by atoms with Gasteiger partial charge in [-0.2, -0.15) is 0 Å². The number of amides is 2. The van der Waals surface area contributed by atoms with Crippen LogP contribution in [0.1, 0.15) is 0 Å². The zero-order valence-corrected chi connectivity index (χ0v) is 19.4. The molecule has 10 nitrogen and oxygen atoms in total. The number of fused-ring (bicyclic) bond motifs is 2. The minimum Gasteiger partial charge on any atom is -0.493 e. The van der Waals surface area contributed by atoms with Crippen LogP contribution >= 0.6 is 0 Å². The van der Waals surface area contributed by atoms with Gasteiger partial charge in [0.2, 0.25) is 24.4 Å². The second kappa shape index (κ2) is 7.81. The number of rotatable bonds is 6. The van der Waals surface area contributed by atoms with Gasteiger partial charge < -0.3 is 38.6 Å². The largest absolute Gasteiger partial charge is 0.493 e. The average molecular weight is 480 g/mol. The van der Waals surface area contributed by atoms with Gasteiger partial charge in [-0.15, -0.1) is 0 Å². The molecule has 0 radical (unpaired) electrons. The molecule has 6 rings (SSSR count). The van der Waals surface area contributed by atoms with Crippen molar-refractivity contribution in [3.05, 3.63) is 42.5 Å². The van der Waals surface area contributed by atoms with Crippen LogP contribution < -0.4 is 33.9 Å². The highest BCUT2D eigenvalue weighted by Crippen LogP contribution is 2.53. The monoisotopic (exact) mass is 480 g/mol. The van der Waals surface area contributed by atoms with Crippen molar-refractivity contribution in [3.8, 4) is 28.7 Å². The summed E-state index contributed by atoms with van der Waals surface area (Å²) in [7, 11) is 4.51. The molecule has 10 heteroatoms. The first kappa shape index (κ1) is 21.6. The molecule has 2 saturated heterocycles. The van der Waals surface area contributed by atoms with Crippen LogP contribution in [0.5, 0.6) is 28.7 Å². The zero-order valence-electron chi connectivity index (χ0n) is 19.4. The van der Waals surface area contributed by atoms with Crippen LogP contribution in [-0.4, -0.2) is 58.2 Å². The molecule has 35 heavy (non-hydrogen) atoms. The van der Waals surface area contributed by atoms with Crippen molar-refractivity contribution in [1.82, 2.24) is 0 Å². The van der Waals surface area contributed by atoms with E-state index in [9.17, 15) is 9.59 Å². The summed E-state index contributed by atoms with van der Waals surface area (Å²) in [5, 5.41) is 2.91. The number of carbonyl (C=O) groups excluding carboxylic acids is 2. The Labute approximate surface area is 201 Å². The van der Waals surface area contributed by atoms with Gasteiger partial charge in [0.1, 0.15) is 5.60 Å². The van der Waals surface area contributed by atoms with E-state index in [1.165, 1.54) is 21.3 Å². The van der Waals surface area contributed by atoms with E-state index in [-0.39, 0.29) is 18.6 Å². The highest BCUT2D eigenvalue weighted by molar-refractivity contribution is 6.05. The molecule has 1 N–H and O–H groups in total. The van der Waals surface area contributed by atoms with Crippen molar-refractivity contribution in [2.45, 2.75) is 11.7 Å². The molecule has 1 spiro atoms. The molecule has 0 aliphatic carbocycles. The maximum atomic E-state index is 13.6. The minimum atomic E-state index is -0.852. The first-order chi connectivity index (χ1) is 17.0. The van der Waals surface area contributed by atoms with Crippen molar-refractivity contribution in [2.24, 2.45) is 11.8 Å². The Hall–Kier alpha value is -3.92. The SMILES string of the molecule is COc1cc(NC(=O)[C@H]2[C@H]3C(=O)N(c4ccc5c(c4)OCO5)C[C@@]34C=C[C@H]2O4)cc(OC)c1OC. The number of hydrogen-bond acceptors (Lipinski definition) is 8. The Bertz CT molecular complexity index is 1240. The molecule has 2 fully saturated rings. The molecule has 2 bridgehead atoms. The molecule has 2 aromatic rings. The Morgan fingerprint density at radius 1 is 1.06 bits per heavy atom. The van der Waals surface area contributed by atoms with Crippen LogP contribution in [0, 0.1) is 11.8 Å². The summed E-state index contributed by atoms with van der Waals surface area (Å²) in [4.78, 5) is 28.8. The molecule has 4 aliphatic heterocycles. The molecular weight excluding hydrogens is 456 g/mol. The number of carbonyl (C=O) groups is 2. The van der Waals surface area contributed by atoms with Gasteiger partial charge in [-0.25, -0.2) is 0 Å². The summed E-state index contributed by atoms with van der Waals surface area (Å²) in [6.45, 7) is 0.465. The van der Waals surface area contributed by atoms with Crippen LogP contribution in [0.15, 0.2) is 42.5 Å². The molecule has 0 saturated carbocycles. The molecular formula is C25H24N2O8. The fourth-order valence-corrected chi connectivity index (χ4v) is 5.45. The van der Waals surface area contributed by atoms with Crippen LogP contribution in [-0.2, 0) is 14.3 Å². The topological polar surface area (TPSA) is 105 Å². The van der Waals surface area contributed by atoms with Crippen molar-refractivity contribution >= 4 is 23.2 Å². The number of anilines is 2. The third kappa shape index (κ3) is 3.13.